The first-order chi connectivity index (χ1) is 13.3. The number of hydrogen-bond acceptors (Lipinski definition) is 5. The summed E-state index contributed by atoms with van der Waals surface area (Å²) in [6.07, 6.45) is 1.69. The number of anilines is 2. The van der Waals surface area contributed by atoms with E-state index < -0.39 is 10.0 Å². The molecule has 0 fully saturated rings. The molecule has 1 heterocycles. The largest absolute Gasteiger partial charge is 0.326 e. The molecule has 8 nitrogen and oxygen atoms in total. The fourth-order valence-electron chi connectivity index (χ4n) is 2.67. The van der Waals surface area contributed by atoms with Crippen LogP contribution in [0.3, 0.4) is 0 Å². The van der Waals surface area contributed by atoms with Crippen molar-refractivity contribution in [1.29, 1.82) is 0 Å². The van der Waals surface area contributed by atoms with E-state index in [1.807, 2.05) is 19.9 Å². The van der Waals surface area contributed by atoms with Crippen molar-refractivity contribution >= 4 is 27.3 Å². The molecule has 0 aliphatic heterocycles. The normalized spacial score (nSPS) is 11.4. The molecule has 2 N–H and O–H groups in total. The summed E-state index contributed by atoms with van der Waals surface area (Å²) in [5.41, 5.74) is 2.57. The molecule has 0 saturated carbocycles. The maximum atomic E-state index is 12.7. The fourth-order valence-corrected chi connectivity index (χ4v) is 3.72. The Morgan fingerprint density at radius 3 is 2.43 bits per heavy atom. The van der Waals surface area contributed by atoms with Crippen LogP contribution in [0.5, 0.6) is 0 Å². The quantitative estimate of drug-likeness (QED) is 0.662. The Bertz CT molecular complexity index is 1090. The van der Waals surface area contributed by atoms with Gasteiger partial charge in [-0.05, 0) is 48.4 Å². The number of nitrogens with zero attached hydrogens (tertiary/aromatic N) is 3. The van der Waals surface area contributed by atoms with E-state index in [0.29, 0.717) is 17.1 Å². The van der Waals surface area contributed by atoms with Crippen LogP contribution in [-0.2, 0) is 14.8 Å². The maximum Gasteiger partial charge on any atom is 0.261 e. The van der Waals surface area contributed by atoms with Gasteiger partial charge in [-0.25, -0.2) is 13.1 Å². The van der Waals surface area contributed by atoms with Crippen molar-refractivity contribution in [2.75, 3.05) is 10.0 Å². The maximum absolute atomic E-state index is 12.7. The predicted molar refractivity (Wildman–Crippen MR) is 107 cm³/mol. The van der Waals surface area contributed by atoms with Crippen molar-refractivity contribution in [1.82, 2.24) is 15.0 Å². The Morgan fingerprint density at radius 2 is 1.79 bits per heavy atom. The minimum Gasteiger partial charge on any atom is -0.326 e. The minimum atomic E-state index is -3.78. The number of carbonyl (C=O) groups excluding carboxylic acids is 1. The van der Waals surface area contributed by atoms with E-state index in [1.54, 1.807) is 29.1 Å². The first-order valence-corrected chi connectivity index (χ1v) is 10.2. The van der Waals surface area contributed by atoms with E-state index >= 15 is 0 Å². The predicted octanol–water partition coefficient (Wildman–Crippen LogP) is 3.15. The van der Waals surface area contributed by atoms with Crippen LogP contribution in [-0.4, -0.2) is 29.3 Å². The molecule has 0 aliphatic carbocycles. The summed E-state index contributed by atoms with van der Waals surface area (Å²) in [5, 5.41) is 10.6. The van der Waals surface area contributed by atoms with Crippen molar-refractivity contribution in [3.8, 4) is 5.69 Å². The Labute approximate surface area is 163 Å². The molecule has 0 saturated heterocycles. The third-order valence-electron chi connectivity index (χ3n) is 4.00. The number of rotatable bonds is 6. The number of aromatic nitrogens is 3. The lowest BCUT2D eigenvalue weighted by Gasteiger charge is -2.12. The van der Waals surface area contributed by atoms with Crippen LogP contribution in [0.1, 0.15) is 32.4 Å². The van der Waals surface area contributed by atoms with E-state index in [9.17, 15) is 13.2 Å². The average Bonchev–Trinajstić information content (AvgIpc) is 3.11. The van der Waals surface area contributed by atoms with E-state index in [0.717, 1.165) is 5.69 Å². The summed E-state index contributed by atoms with van der Waals surface area (Å²) < 4.78 is 29.6. The van der Waals surface area contributed by atoms with E-state index in [4.69, 9.17) is 0 Å². The second-order valence-corrected chi connectivity index (χ2v) is 8.27. The lowest BCUT2D eigenvalue weighted by Crippen LogP contribution is -2.14. The van der Waals surface area contributed by atoms with Gasteiger partial charge in [-0.2, -0.15) is 0 Å². The Hall–Kier alpha value is -3.20. The van der Waals surface area contributed by atoms with E-state index in [2.05, 4.69) is 20.4 Å². The zero-order valence-electron chi connectivity index (χ0n) is 15.7. The summed E-state index contributed by atoms with van der Waals surface area (Å²) >= 11 is 0. The summed E-state index contributed by atoms with van der Waals surface area (Å²) in [6.45, 7) is 5.46. The Balaban J connectivity index is 1.85. The number of benzene rings is 2. The zero-order valence-corrected chi connectivity index (χ0v) is 16.6. The molecule has 0 atom stereocenters. The van der Waals surface area contributed by atoms with Crippen molar-refractivity contribution in [2.45, 2.75) is 31.6 Å². The Morgan fingerprint density at radius 1 is 1.07 bits per heavy atom. The molecular formula is C19H21N5O3S. The number of nitrogens with one attached hydrogen (secondary N) is 2. The molecule has 1 amide bonds. The van der Waals surface area contributed by atoms with Crippen LogP contribution < -0.4 is 10.0 Å². The second-order valence-electron chi connectivity index (χ2n) is 6.59. The summed E-state index contributed by atoms with van der Waals surface area (Å²) in [5.74, 6) is -0.00287. The molecule has 9 heteroatoms. The molecule has 0 unspecified atom stereocenters. The highest BCUT2D eigenvalue weighted by Crippen LogP contribution is 2.22. The van der Waals surface area contributed by atoms with Gasteiger partial charge in [-0.15, -0.1) is 5.10 Å². The smallest absolute Gasteiger partial charge is 0.261 e. The Kier molecular flexibility index (Phi) is 5.46. The molecule has 0 aliphatic rings. The minimum absolute atomic E-state index is 0.0932. The first kappa shape index (κ1) is 19.6. The van der Waals surface area contributed by atoms with Gasteiger partial charge in [-0.3, -0.25) is 9.52 Å². The van der Waals surface area contributed by atoms with Gasteiger partial charge in [0.25, 0.3) is 10.0 Å². The summed E-state index contributed by atoms with van der Waals surface area (Å²) in [6, 6.07) is 12.9. The van der Waals surface area contributed by atoms with Gasteiger partial charge < -0.3 is 5.32 Å². The third kappa shape index (κ3) is 4.37. The lowest BCUT2D eigenvalue weighted by molar-refractivity contribution is -0.114. The SMILES string of the molecule is CC(=O)Nc1ccc(S(=O)(=O)Nc2cccc(-n3nncc3C(C)C)c2)cc1. The van der Waals surface area contributed by atoms with Crippen LogP contribution in [0.15, 0.2) is 59.6 Å². The molecule has 0 radical (unpaired) electrons. The monoisotopic (exact) mass is 399 g/mol. The lowest BCUT2D eigenvalue weighted by atomic mass is 10.1. The van der Waals surface area contributed by atoms with Gasteiger partial charge in [0, 0.05) is 12.6 Å². The highest BCUT2D eigenvalue weighted by molar-refractivity contribution is 7.92. The fraction of sp³-hybridized carbons (Fsp3) is 0.211. The van der Waals surface area contributed by atoms with Crippen molar-refractivity contribution in [3.63, 3.8) is 0 Å². The van der Waals surface area contributed by atoms with Gasteiger partial charge >= 0.3 is 0 Å². The van der Waals surface area contributed by atoms with E-state index in [1.165, 1.54) is 31.2 Å². The standard InChI is InChI=1S/C19H21N5O3S/c1-13(2)19-12-20-23-24(19)17-6-4-5-16(11-17)22-28(26,27)18-9-7-15(8-10-18)21-14(3)25/h4-13,22H,1-3H3,(H,21,25). The van der Waals surface area contributed by atoms with Crippen LogP contribution >= 0.6 is 0 Å². The summed E-state index contributed by atoms with van der Waals surface area (Å²) in [4.78, 5) is 11.2. The van der Waals surface area contributed by atoms with Gasteiger partial charge in [-0.1, -0.05) is 25.1 Å². The molecule has 3 aromatic rings. The first-order valence-electron chi connectivity index (χ1n) is 8.68. The van der Waals surface area contributed by atoms with Crippen molar-refractivity contribution in [3.05, 3.63) is 60.4 Å². The highest BCUT2D eigenvalue weighted by Gasteiger charge is 2.16. The molecular weight excluding hydrogens is 378 g/mol. The van der Waals surface area contributed by atoms with Crippen molar-refractivity contribution in [2.24, 2.45) is 0 Å². The second kappa shape index (κ2) is 7.81. The molecule has 28 heavy (non-hydrogen) atoms. The van der Waals surface area contributed by atoms with Gasteiger partial charge in [0.2, 0.25) is 5.91 Å². The van der Waals surface area contributed by atoms with Crippen molar-refractivity contribution < 1.29 is 13.2 Å². The van der Waals surface area contributed by atoms with Crippen LogP contribution in [0.4, 0.5) is 11.4 Å². The zero-order chi connectivity index (χ0) is 20.3. The van der Waals surface area contributed by atoms with E-state index in [-0.39, 0.29) is 16.7 Å². The topological polar surface area (TPSA) is 106 Å². The van der Waals surface area contributed by atoms with Gasteiger partial charge in [0.1, 0.15) is 0 Å². The molecule has 0 spiro atoms. The van der Waals surface area contributed by atoms with Crippen LogP contribution in [0, 0.1) is 0 Å². The van der Waals surface area contributed by atoms with Gasteiger partial charge in [0.05, 0.1) is 28.2 Å². The number of hydrogen-bond donors (Lipinski definition) is 2. The number of sulfonamides is 1. The van der Waals surface area contributed by atoms with Gasteiger partial charge in [0.15, 0.2) is 0 Å². The highest BCUT2D eigenvalue weighted by atomic mass is 32.2. The van der Waals surface area contributed by atoms with Crippen LogP contribution in [0.25, 0.3) is 5.69 Å². The van der Waals surface area contributed by atoms with Crippen LogP contribution in [0.2, 0.25) is 0 Å². The third-order valence-corrected chi connectivity index (χ3v) is 5.39. The number of carbonyl (C=O) groups is 1. The molecule has 1 aromatic heterocycles. The average molecular weight is 399 g/mol. The molecule has 146 valence electrons. The molecule has 3 rings (SSSR count). The number of amides is 1. The molecule has 0 bridgehead atoms. The summed E-state index contributed by atoms with van der Waals surface area (Å²) in [7, 11) is -3.78. The molecule has 2 aromatic carbocycles.